The minimum Gasteiger partial charge on any atom is -0.465 e. The first kappa shape index (κ1) is 21.6. The van der Waals surface area contributed by atoms with E-state index in [1.54, 1.807) is 0 Å². The molecular formula is C15H13FN3O7P. The first-order chi connectivity index (χ1) is 12.2. The standard InChI is InChI=1S/C15H10FN3O7.H3P/c1-26-15(21)9-3-5-11(13(7-9)19(24)25)17-14(20)8-2-4-10(16)12(6-8)18(22)23;/h2-7H,1H3,(H,17,20);1H3. The van der Waals surface area contributed by atoms with Crippen molar-refractivity contribution in [1.29, 1.82) is 0 Å². The summed E-state index contributed by atoms with van der Waals surface area (Å²) in [4.78, 5) is 43.7. The summed E-state index contributed by atoms with van der Waals surface area (Å²) < 4.78 is 17.8. The lowest BCUT2D eigenvalue weighted by molar-refractivity contribution is -0.387. The number of esters is 1. The number of amides is 1. The number of nitrogens with one attached hydrogen (secondary N) is 1. The highest BCUT2D eigenvalue weighted by Crippen LogP contribution is 2.27. The van der Waals surface area contributed by atoms with Crippen LogP contribution in [0.1, 0.15) is 20.7 Å². The van der Waals surface area contributed by atoms with Gasteiger partial charge in [0.15, 0.2) is 0 Å². The lowest BCUT2D eigenvalue weighted by Crippen LogP contribution is -2.14. The Balaban J connectivity index is 0.00000364. The Morgan fingerprint density at radius 2 is 1.56 bits per heavy atom. The van der Waals surface area contributed by atoms with E-state index in [4.69, 9.17) is 0 Å². The molecule has 1 atom stereocenters. The van der Waals surface area contributed by atoms with Gasteiger partial charge in [-0.05, 0) is 24.3 Å². The van der Waals surface area contributed by atoms with Crippen molar-refractivity contribution in [2.24, 2.45) is 0 Å². The molecule has 142 valence electrons. The molecule has 0 spiro atoms. The molecule has 0 aromatic heterocycles. The molecule has 0 aliphatic rings. The van der Waals surface area contributed by atoms with E-state index in [1.807, 2.05) is 0 Å². The zero-order valence-corrected chi connectivity index (χ0v) is 15.2. The number of methoxy groups -OCH3 is 1. The van der Waals surface area contributed by atoms with Gasteiger partial charge >= 0.3 is 11.7 Å². The number of nitro benzene ring substituents is 2. The molecule has 1 N–H and O–H groups in total. The van der Waals surface area contributed by atoms with E-state index in [1.165, 1.54) is 6.07 Å². The Hall–Kier alpha value is -3.46. The van der Waals surface area contributed by atoms with Gasteiger partial charge in [0.2, 0.25) is 5.82 Å². The van der Waals surface area contributed by atoms with E-state index in [2.05, 4.69) is 10.1 Å². The van der Waals surface area contributed by atoms with Gasteiger partial charge in [-0.2, -0.15) is 14.3 Å². The number of hydrogen-bond donors (Lipinski definition) is 1. The van der Waals surface area contributed by atoms with Crippen LogP contribution in [0, 0.1) is 26.0 Å². The summed E-state index contributed by atoms with van der Waals surface area (Å²) >= 11 is 0. The number of hydrogen-bond acceptors (Lipinski definition) is 7. The summed E-state index contributed by atoms with van der Waals surface area (Å²) in [5.74, 6) is -2.86. The number of ether oxygens (including phenoxy) is 1. The molecular weight excluding hydrogens is 384 g/mol. The Labute approximate surface area is 154 Å². The highest BCUT2D eigenvalue weighted by Gasteiger charge is 2.22. The number of nitro groups is 2. The van der Waals surface area contributed by atoms with Crippen molar-refractivity contribution in [3.63, 3.8) is 0 Å². The van der Waals surface area contributed by atoms with Crippen LogP contribution >= 0.6 is 9.90 Å². The Morgan fingerprint density at radius 3 is 2.11 bits per heavy atom. The number of anilines is 1. The zero-order chi connectivity index (χ0) is 19.4. The van der Waals surface area contributed by atoms with E-state index in [9.17, 15) is 34.2 Å². The highest BCUT2D eigenvalue weighted by molar-refractivity contribution is 6.92. The number of rotatable bonds is 5. The second-order valence-electron chi connectivity index (χ2n) is 4.86. The second-order valence-corrected chi connectivity index (χ2v) is 4.86. The molecule has 1 amide bonds. The minimum absolute atomic E-state index is 0. The van der Waals surface area contributed by atoms with Crippen molar-refractivity contribution < 1.29 is 28.6 Å². The topological polar surface area (TPSA) is 142 Å². The van der Waals surface area contributed by atoms with E-state index in [-0.39, 0.29) is 26.7 Å². The number of carbonyl (C=O) groups is 2. The molecule has 2 aromatic carbocycles. The predicted octanol–water partition coefficient (Wildman–Crippen LogP) is 2.74. The molecule has 0 saturated carbocycles. The van der Waals surface area contributed by atoms with Gasteiger partial charge < -0.3 is 10.1 Å². The fourth-order valence-electron chi connectivity index (χ4n) is 2.02. The van der Waals surface area contributed by atoms with Crippen LogP contribution in [-0.4, -0.2) is 28.8 Å². The van der Waals surface area contributed by atoms with Crippen LogP contribution in [0.3, 0.4) is 0 Å². The van der Waals surface area contributed by atoms with Crippen LogP contribution in [0.4, 0.5) is 21.5 Å². The third kappa shape index (κ3) is 4.79. The number of nitrogens with zero attached hydrogens (tertiary/aromatic N) is 2. The van der Waals surface area contributed by atoms with Gasteiger partial charge in [0.25, 0.3) is 11.6 Å². The van der Waals surface area contributed by atoms with Gasteiger partial charge in [0, 0.05) is 17.7 Å². The predicted molar refractivity (Wildman–Crippen MR) is 96.5 cm³/mol. The molecule has 0 fully saturated rings. The maximum Gasteiger partial charge on any atom is 0.338 e. The summed E-state index contributed by atoms with van der Waals surface area (Å²) in [6.07, 6.45) is 0. The molecule has 2 aromatic rings. The van der Waals surface area contributed by atoms with Gasteiger partial charge in [-0.3, -0.25) is 25.0 Å². The molecule has 0 radical (unpaired) electrons. The molecule has 12 heteroatoms. The van der Waals surface area contributed by atoms with Crippen molar-refractivity contribution in [2.75, 3.05) is 12.4 Å². The SMILES string of the molecule is COC(=O)c1ccc(NC(=O)c2ccc(F)c([N+](=O)[O-])c2)c([N+](=O)[O-])c1.P. The van der Waals surface area contributed by atoms with Crippen LogP contribution in [0.25, 0.3) is 0 Å². The summed E-state index contributed by atoms with van der Waals surface area (Å²) in [6, 6.07) is 5.66. The minimum atomic E-state index is -1.13. The van der Waals surface area contributed by atoms with Gasteiger partial charge in [-0.15, -0.1) is 0 Å². The summed E-state index contributed by atoms with van der Waals surface area (Å²) in [6.45, 7) is 0. The Morgan fingerprint density at radius 1 is 1.00 bits per heavy atom. The van der Waals surface area contributed by atoms with Crippen LogP contribution < -0.4 is 5.32 Å². The quantitative estimate of drug-likeness (QED) is 0.354. The Kier molecular flexibility index (Phi) is 7.01. The monoisotopic (exact) mass is 397 g/mol. The molecule has 0 aliphatic heterocycles. The van der Waals surface area contributed by atoms with Gasteiger partial charge in [-0.1, -0.05) is 0 Å². The Bertz CT molecular complexity index is 936. The molecule has 0 aliphatic carbocycles. The smallest absolute Gasteiger partial charge is 0.338 e. The second kappa shape index (κ2) is 8.77. The van der Waals surface area contributed by atoms with Crippen LogP contribution in [0.5, 0.6) is 0 Å². The van der Waals surface area contributed by atoms with Crippen molar-refractivity contribution in [1.82, 2.24) is 0 Å². The number of carbonyl (C=O) groups excluding carboxylic acids is 2. The summed E-state index contributed by atoms with van der Waals surface area (Å²) in [5.41, 5.74) is -2.12. The fraction of sp³-hybridized carbons (Fsp3) is 0.0667. The lowest BCUT2D eigenvalue weighted by atomic mass is 10.1. The molecule has 0 saturated heterocycles. The first-order valence-electron chi connectivity index (χ1n) is 6.86. The average molecular weight is 397 g/mol. The van der Waals surface area contributed by atoms with E-state index in [0.717, 1.165) is 31.4 Å². The molecule has 0 bridgehead atoms. The maximum atomic E-state index is 13.3. The number of benzene rings is 2. The third-order valence-corrected chi connectivity index (χ3v) is 3.27. The summed E-state index contributed by atoms with van der Waals surface area (Å²) in [7, 11) is 1.10. The highest BCUT2D eigenvalue weighted by atomic mass is 31.0. The van der Waals surface area contributed by atoms with Gasteiger partial charge in [-0.25, -0.2) is 4.79 Å². The number of halogens is 1. The van der Waals surface area contributed by atoms with Crippen molar-refractivity contribution in [3.05, 3.63) is 73.6 Å². The normalized spacial score (nSPS) is 9.70. The van der Waals surface area contributed by atoms with E-state index >= 15 is 0 Å². The van der Waals surface area contributed by atoms with Crippen molar-refractivity contribution in [3.8, 4) is 0 Å². The largest absolute Gasteiger partial charge is 0.465 e. The van der Waals surface area contributed by atoms with E-state index < -0.39 is 38.9 Å². The molecule has 27 heavy (non-hydrogen) atoms. The van der Waals surface area contributed by atoms with Crippen LogP contribution in [0.2, 0.25) is 0 Å². The van der Waals surface area contributed by atoms with Crippen LogP contribution in [0.15, 0.2) is 36.4 Å². The van der Waals surface area contributed by atoms with E-state index in [0.29, 0.717) is 6.07 Å². The van der Waals surface area contributed by atoms with Gasteiger partial charge in [0.05, 0.1) is 22.5 Å². The van der Waals surface area contributed by atoms with Crippen LogP contribution in [-0.2, 0) is 4.74 Å². The molecule has 10 nitrogen and oxygen atoms in total. The average Bonchev–Trinajstić information content (AvgIpc) is 2.61. The molecule has 0 heterocycles. The van der Waals surface area contributed by atoms with Gasteiger partial charge in [0.1, 0.15) is 5.69 Å². The zero-order valence-electron chi connectivity index (χ0n) is 13.8. The lowest BCUT2D eigenvalue weighted by Gasteiger charge is -2.07. The van der Waals surface area contributed by atoms with Crippen molar-refractivity contribution in [2.45, 2.75) is 0 Å². The third-order valence-electron chi connectivity index (χ3n) is 3.27. The van der Waals surface area contributed by atoms with Crippen molar-refractivity contribution >= 4 is 38.8 Å². The molecule has 2 rings (SSSR count). The maximum absolute atomic E-state index is 13.3. The first-order valence-corrected chi connectivity index (χ1v) is 6.86. The fourth-order valence-corrected chi connectivity index (χ4v) is 2.02. The molecule has 1 unspecified atom stereocenters. The summed E-state index contributed by atoms with van der Waals surface area (Å²) in [5, 5.41) is 24.1.